The number of piperidine rings is 1. The van der Waals surface area contributed by atoms with Crippen LogP contribution < -0.4 is 10.6 Å². The molecule has 0 spiro atoms. The molecule has 6 heteroatoms. The molecule has 28 heavy (non-hydrogen) atoms. The number of likely N-dealkylation sites (tertiary alicyclic amines) is 1. The molecule has 2 N–H and O–H groups in total. The maximum Gasteiger partial charge on any atom is 0.253 e. The van der Waals surface area contributed by atoms with Gasteiger partial charge in [0.2, 0.25) is 5.91 Å². The zero-order valence-electron chi connectivity index (χ0n) is 16.1. The summed E-state index contributed by atoms with van der Waals surface area (Å²) >= 11 is 5.99. The largest absolute Gasteiger partial charge is 0.343 e. The van der Waals surface area contributed by atoms with E-state index in [0.717, 1.165) is 25.6 Å². The van der Waals surface area contributed by atoms with Gasteiger partial charge >= 0.3 is 0 Å². The van der Waals surface area contributed by atoms with Gasteiger partial charge in [-0.3, -0.25) is 14.5 Å². The predicted molar refractivity (Wildman–Crippen MR) is 113 cm³/mol. The number of nitrogens with zero attached hydrogens (tertiary/aromatic N) is 1. The van der Waals surface area contributed by atoms with Crippen molar-refractivity contribution in [1.29, 1.82) is 0 Å². The third-order valence-corrected chi connectivity index (χ3v) is 5.24. The molecular weight excluding hydrogens is 374 g/mol. The zero-order chi connectivity index (χ0) is 19.9. The van der Waals surface area contributed by atoms with Gasteiger partial charge in [0.25, 0.3) is 5.91 Å². The van der Waals surface area contributed by atoms with Gasteiger partial charge in [-0.15, -0.1) is 0 Å². The first kappa shape index (κ1) is 20.4. The van der Waals surface area contributed by atoms with E-state index in [9.17, 15) is 9.59 Å². The monoisotopic (exact) mass is 399 g/mol. The normalized spacial score (nSPS) is 17.1. The van der Waals surface area contributed by atoms with E-state index in [1.807, 2.05) is 24.3 Å². The zero-order valence-corrected chi connectivity index (χ0v) is 16.8. The van der Waals surface area contributed by atoms with Crippen molar-refractivity contribution in [3.8, 4) is 0 Å². The average Bonchev–Trinajstić information content (AvgIpc) is 2.68. The molecule has 1 saturated heterocycles. The van der Waals surface area contributed by atoms with Gasteiger partial charge in [0, 0.05) is 18.8 Å². The summed E-state index contributed by atoms with van der Waals surface area (Å²) in [4.78, 5) is 26.7. The average molecular weight is 400 g/mol. The minimum Gasteiger partial charge on any atom is -0.343 e. The van der Waals surface area contributed by atoms with Gasteiger partial charge < -0.3 is 10.6 Å². The maximum atomic E-state index is 12.1. The van der Waals surface area contributed by atoms with Crippen molar-refractivity contribution in [2.24, 2.45) is 5.92 Å². The Morgan fingerprint density at radius 2 is 1.89 bits per heavy atom. The first-order valence-corrected chi connectivity index (χ1v) is 10.0. The van der Waals surface area contributed by atoms with E-state index in [4.69, 9.17) is 11.6 Å². The minimum absolute atomic E-state index is 0.114. The molecule has 3 rings (SSSR count). The Balaban J connectivity index is 1.46. The number of benzene rings is 2. The van der Waals surface area contributed by atoms with Gasteiger partial charge in [-0.25, -0.2) is 0 Å². The fraction of sp³-hybridized carbons (Fsp3) is 0.364. The molecule has 2 aromatic rings. The number of hydrogen-bond donors (Lipinski definition) is 2. The molecule has 0 saturated carbocycles. The highest BCUT2D eigenvalue weighted by molar-refractivity contribution is 6.33. The third-order valence-electron chi connectivity index (χ3n) is 4.91. The molecule has 1 fully saturated rings. The van der Waals surface area contributed by atoms with Crippen molar-refractivity contribution in [2.75, 3.05) is 25.0 Å². The lowest BCUT2D eigenvalue weighted by molar-refractivity contribution is -0.115. The lowest BCUT2D eigenvalue weighted by Crippen LogP contribution is -2.33. The van der Waals surface area contributed by atoms with Gasteiger partial charge in [0.15, 0.2) is 0 Å². The maximum absolute atomic E-state index is 12.1. The van der Waals surface area contributed by atoms with E-state index in [2.05, 4.69) is 22.5 Å². The molecule has 0 bridgehead atoms. The molecule has 0 aliphatic carbocycles. The second-order valence-electron chi connectivity index (χ2n) is 7.39. The Kier molecular flexibility index (Phi) is 7.06. The summed E-state index contributed by atoms with van der Waals surface area (Å²) in [6.07, 6.45) is 2.57. The van der Waals surface area contributed by atoms with Crippen LogP contribution in [0.25, 0.3) is 0 Å². The summed E-state index contributed by atoms with van der Waals surface area (Å²) < 4.78 is 0. The number of amides is 2. The van der Waals surface area contributed by atoms with Crippen LogP contribution in [0.1, 0.15) is 35.7 Å². The van der Waals surface area contributed by atoms with E-state index >= 15 is 0 Å². The lowest BCUT2D eigenvalue weighted by Gasteiger charge is -2.30. The highest BCUT2D eigenvalue weighted by Gasteiger charge is 2.16. The van der Waals surface area contributed by atoms with Crippen LogP contribution in [0.4, 0.5) is 5.69 Å². The van der Waals surface area contributed by atoms with Crippen molar-refractivity contribution in [3.05, 3.63) is 64.7 Å². The van der Waals surface area contributed by atoms with E-state index in [1.54, 1.807) is 24.3 Å². The fourth-order valence-corrected chi connectivity index (χ4v) is 3.71. The number of hydrogen-bond acceptors (Lipinski definition) is 3. The smallest absolute Gasteiger partial charge is 0.253 e. The van der Waals surface area contributed by atoms with Gasteiger partial charge in [-0.2, -0.15) is 0 Å². The molecule has 1 atom stereocenters. The molecular formula is C22H26ClN3O2. The fourth-order valence-electron chi connectivity index (χ4n) is 3.49. The van der Waals surface area contributed by atoms with Gasteiger partial charge in [-0.1, -0.05) is 42.8 Å². The summed E-state index contributed by atoms with van der Waals surface area (Å²) in [7, 11) is 0. The van der Waals surface area contributed by atoms with Crippen molar-refractivity contribution < 1.29 is 9.59 Å². The number of nitrogens with one attached hydrogen (secondary N) is 2. The number of anilines is 1. The van der Waals surface area contributed by atoms with Gasteiger partial charge in [0.1, 0.15) is 0 Å². The van der Waals surface area contributed by atoms with Crippen molar-refractivity contribution in [1.82, 2.24) is 10.2 Å². The van der Waals surface area contributed by atoms with Crippen molar-refractivity contribution >= 4 is 29.1 Å². The quantitative estimate of drug-likeness (QED) is 0.773. The predicted octanol–water partition coefficient (Wildman–Crippen LogP) is 3.94. The summed E-state index contributed by atoms with van der Waals surface area (Å²) in [6.45, 7) is 5.41. The summed E-state index contributed by atoms with van der Waals surface area (Å²) in [5, 5.41) is 5.75. The number of carbonyl (C=O) groups excluding carboxylic acids is 2. The Labute approximate surface area is 171 Å². The van der Waals surface area contributed by atoms with Crippen molar-refractivity contribution in [3.63, 3.8) is 0 Å². The summed E-state index contributed by atoms with van der Waals surface area (Å²) in [5.74, 6) is 0.109. The molecule has 1 heterocycles. The Bertz CT molecular complexity index is 823. The van der Waals surface area contributed by atoms with Crippen LogP contribution in [0.3, 0.4) is 0 Å². The minimum atomic E-state index is -0.369. The van der Waals surface area contributed by atoms with Gasteiger partial charge in [0.05, 0.1) is 17.1 Å². The van der Waals surface area contributed by atoms with Crippen LogP contribution in [0, 0.1) is 5.92 Å². The van der Waals surface area contributed by atoms with Gasteiger partial charge in [-0.05, 0) is 55.1 Å². The Morgan fingerprint density at radius 1 is 1.14 bits per heavy atom. The highest BCUT2D eigenvalue weighted by Crippen LogP contribution is 2.19. The standard InChI is InChI=1S/C22H26ClN3O2/c1-16-5-4-12-26(14-16)15-17-8-10-18(11-9-17)25-21(27)13-24-22(28)19-6-2-3-7-20(19)23/h2-3,6-11,16H,4-5,12-15H2,1H3,(H,24,28)(H,25,27)/t16-/m0/s1. The van der Waals surface area contributed by atoms with Crippen LogP contribution in [-0.4, -0.2) is 36.3 Å². The molecule has 0 radical (unpaired) electrons. The van der Waals surface area contributed by atoms with Crippen LogP contribution in [0.2, 0.25) is 5.02 Å². The molecule has 2 aromatic carbocycles. The first-order valence-electron chi connectivity index (χ1n) is 9.65. The van der Waals surface area contributed by atoms with Crippen LogP contribution in [0.15, 0.2) is 48.5 Å². The number of carbonyl (C=O) groups is 2. The molecule has 1 aliphatic heterocycles. The van der Waals surface area contributed by atoms with E-state index in [-0.39, 0.29) is 18.4 Å². The lowest BCUT2D eigenvalue weighted by atomic mass is 10.00. The Morgan fingerprint density at radius 3 is 2.61 bits per heavy atom. The molecule has 0 unspecified atom stereocenters. The third kappa shape index (κ3) is 5.81. The van der Waals surface area contributed by atoms with Crippen LogP contribution in [-0.2, 0) is 11.3 Å². The Hall–Kier alpha value is -2.37. The second-order valence-corrected chi connectivity index (χ2v) is 7.80. The molecule has 2 amide bonds. The summed E-state index contributed by atoms with van der Waals surface area (Å²) in [5.41, 5.74) is 2.31. The first-order chi connectivity index (χ1) is 13.5. The molecule has 148 valence electrons. The molecule has 0 aromatic heterocycles. The summed E-state index contributed by atoms with van der Waals surface area (Å²) in [6, 6.07) is 14.6. The molecule has 1 aliphatic rings. The van der Waals surface area contributed by atoms with E-state index in [1.165, 1.54) is 18.4 Å². The van der Waals surface area contributed by atoms with Crippen LogP contribution >= 0.6 is 11.6 Å². The SMILES string of the molecule is C[C@H]1CCCN(Cc2ccc(NC(=O)CNC(=O)c3ccccc3Cl)cc2)C1. The second kappa shape index (κ2) is 9.71. The highest BCUT2D eigenvalue weighted by atomic mass is 35.5. The number of halogens is 1. The van der Waals surface area contributed by atoms with Crippen LogP contribution in [0.5, 0.6) is 0 Å². The number of rotatable bonds is 6. The molecule has 5 nitrogen and oxygen atoms in total. The van der Waals surface area contributed by atoms with E-state index < -0.39 is 0 Å². The van der Waals surface area contributed by atoms with Crippen molar-refractivity contribution in [2.45, 2.75) is 26.3 Å². The topological polar surface area (TPSA) is 61.4 Å². The van der Waals surface area contributed by atoms with E-state index in [0.29, 0.717) is 16.3 Å².